The SMILES string of the molecule is C[C@@H]1[C@@H]2CCN(C(=O)OC(C)(C)C)[C@H]12. The number of rotatable bonds is 0. The average molecular weight is 197 g/mol. The molecule has 80 valence electrons. The van der Waals surface area contributed by atoms with Gasteiger partial charge in [0.1, 0.15) is 5.60 Å². The van der Waals surface area contributed by atoms with Gasteiger partial charge in [0.25, 0.3) is 0 Å². The van der Waals surface area contributed by atoms with Crippen LogP contribution in [0.4, 0.5) is 4.79 Å². The summed E-state index contributed by atoms with van der Waals surface area (Å²) in [5.41, 5.74) is -0.368. The molecule has 0 N–H and O–H groups in total. The van der Waals surface area contributed by atoms with Crippen LogP contribution in [-0.4, -0.2) is 29.2 Å². The van der Waals surface area contributed by atoms with E-state index in [0.29, 0.717) is 12.0 Å². The van der Waals surface area contributed by atoms with Gasteiger partial charge >= 0.3 is 6.09 Å². The quantitative estimate of drug-likeness (QED) is 0.596. The molecule has 1 saturated heterocycles. The minimum atomic E-state index is -0.368. The first-order chi connectivity index (χ1) is 6.40. The van der Waals surface area contributed by atoms with Gasteiger partial charge in [0, 0.05) is 12.6 Å². The van der Waals surface area contributed by atoms with E-state index in [9.17, 15) is 4.79 Å². The lowest BCUT2D eigenvalue weighted by Gasteiger charge is -2.25. The second-order valence-corrected chi connectivity index (χ2v) is 5.48. The minimum absolute atomic E-state index is 0.130. The molecular formula is C11H19NO2. The van der Waals surface area contributed by atoms with Crippen LogP contribution in [0.3, 0.4) is 0 Å². The first-order valence-corrected chi connectivity index (χ1v) is 5.40. The predicted octanol–water partition coefficient (Wildman–Crippen LogP) is 2.26. The summed E-state index contributed by atoms with van der Waals surface area (Å²) in [6, 6.07) is 0.477. The zero-order chi connectivity index (χ0) is 10.5. The molecule has 0 spiro atoms. The number of carbonyl (C=O) groups excluding carboxylic acids is 1. The van der Waals surface area contributed by atoms with Crippen molar-refractivity contribution in [2.75, 3.05) is 6.54 Å². The Bertz CT molecular complexity index is 257. The number of piperidine rings is 1. The third kappa shape index (κ3) is 1.60. The maximum atomic E-state index is 11.7. The van der Waals surface area contributed by atoms with Gasteiger partial charge in [-0.05, 0) is 39.0 Å². The highest BCUT2D eigenvalue weighted by Crippen LogP contribution is 2.50. The van der Waals surface area contributed by atoms with Crippen molar-refractivity contribution in [2.45, 2.75) is 45.8 Å². The van der Waals surface area contributed by atoms with Crippen LogP contribution in [-0.2, 0) is 4.74 Å². The summed E-state index contributed by atoms with van der Waals surface area (Å²) < 4.78 is 5.35. The largest absolute Gasteiger partial charge is 0.444 e. The van der Waals surface area contributed by atoms with Crippen LogP contribution in [0, 0.1) is 11.8 Å². The number of hydrogen-bond acceptors (Lipinski definition) is 2. The van der Waals surface area contributed by atoms with Gasteiger partial charge in [-0.2, -0.15) is 0 Å². The third-order valence-corrected chi connectivity index (χ3v) is 3.20. The van der Waals surface area contributed by atoms with Crippen LogP contribution < -0.4 is 0 Å². The normalized spacial score (nSPS) is 35.4. The number of fused-ring (bicyclic) bond motifs is 1. The van der Waals surface area contributed by atoms with Crippen LogP contribution in [0.2, 0.25) is 0 Å². The zero-order valence-electron chi connectivity index (χ0n) is 9.41. The molecule has 3 heteroatoms. The Hall–Kier alpha value is -0.730. The molecule has 14 heavy (non-hydrogen) atoms. The molecule has 1 aliphatic carbocycles. The maximum Gasteiger partial charge on any atom is 0.410 e. The van der Waals surface area contributed by atoms with Gasteiger partial charge in [0.05, 0.1) is 0 Å². The Kier molecular flexibility index (Phi) is 2.02. The van der Waals surface area contributed by atoms with Crippen molar-refractivity contribution in [3.05, 3.63) is 0 Å². The molecular weight excluding hydrogens is 178 g/mol. The van der Waals surface area contributed by atoms with Gasteiger partial charge in [0.2, 0.25) is 0 Å². The lowest BCUT2D eigenvalue weighted by Crippen LogP contribution is -2.37. The van der Waals surface area contributed by atoms with Crippen LogP contribution in [0.25, 0.3) is 0 Å². The van der Waals surface area contributed by atoms with Crippen molar-refractivity contribution < 1.29 is 9.53 Å². The van der Waals surface area contributed by atoms with Crippen LogP contribution in [0.1, 0.15) is 34.1 Å². The molecule has 2 fully saturated rings. The Morgan fingerprint density at radius 1 is 1.43 bits per heavy atom. The van der Waals surface area contributed by atoms with Crippen LogP contribution >= 0.6 is 0 Å². The molecule has 2 aliphatic rings. The summed E-state index contributed by atoms with van der Waals surface area (Å²) in [4.78, 5) is 13.7. The standard InChI is InChI=1S/C11H19NO2/c1-7-8-5-6-12(9(7)8)10(13)14-11(2,3)4/h7-9H,5-6H2,1-4H3/t7-,8+,9-/m1/s1. The predicted molar refractivity (Wildman–Crippen MR) is 54.0 cm³/mol. The Labute approximate surface area is 85.4 Å². The van der Waals surface area contributed by atoms with Crippen LogP contribution in [0.15, 0.2) is 0 Å². The highest BCUT2D eigenvalue weighted by Gasteiger charge is 2.56. The summed E-state index contributed by atoms with van der Waals surface area (Å²) in [6.07, 6.45) is 1.03. The van der Waals surface area contributed by atoms with Gasteiger partial charge in [-0.3, -0.25) is 0 Å². The molecule has 0 aromatic heterocycles. The van der Waals surface area contributed by atoms with E-state index in [2.05, 4.69) is 6.92 Å². The van der Waals surface area contributed by atoms with Crippen molar-refractivity contribution in [3.8, 4) is 0 Å². The molecule has 1 amide bonds. The van der Waals surface area contributed by atoms with E-state index in [4.69, 9.17) is 4.74 Å². The van der Waals surface area contributed by atoms with Gasteiger partial charge in [0.15, 0.2) is 0 Å². The molecule has 0 bridgehead atoms. The molecule has 0 aromatic carbocycles. The maximum absolute atomic E-state index is 11.7. The molecule has 1 heterocycles. The fraction of sp³-hybridized carbons (Fsp3) is 0.909. The Morgan fingerprint density at radius 3 is 2.50 bits per heavy atom. The number of likely N-dealkylation sites (tertiary alicyclic amines) is 1. The fourth-order valence-corrected chi connectivity index (χ4v) is 2.44. The van der Waals surface area contributed by atoms with Gasteiger partial charge in [-0.25, -0.2) is 4.79 Å². The smallest absolute Gasteiger partial charge is 0.410 e. The van der Waals surface area contributed by atoms with Gasteiger partial charge < -0.3 is 9.64 Å². The first kappa shape index (κ1) is 9.81. The van der Waals surface area contributed by atoms with E-state index in [1.165, 1.54) is 0 Å². The van der Waals surface area contributed by atoms with Crippen molar-refractivity contribution in [3.63, 3.8) is 0 Å². The Balaban J connectivity index is 1.93. The monoisotopic (exact) mass is 197 g/mol. The second kappa shape index (κ2) is 2.88. The van der Waals surface area contributed by atoms with E-state index >= 15 is 0 Å². The van der Waals surface area contributed by atoms with Crippen molar-refractivity contribution in [1.29, 1.82) is 0 Å². The minimum Gasteiger partial charge on any atom is -0.444 e. The number of amides is 1. The van der Waals surface area contributed by atoms with Gasteiger partial charge in [-0.15, -0.1) is 0 Å². The van der Waals surface area contributed by atoms with E-state index in [-0.39, 0.29) is 11.7 Å². The zero-order valence-corrected chi connectivity index (χ0v) is 9.41. The van der Waals surface area contributed by atoms with E-state index < -0.39 is 0 Å². The van der Waals surface area contributed by atoms with Crippen molar-refractivity contribution >= 4 is 6.09 Å². The van der Waals surface area contributed by atoms with E-state index in [1.807, 2.05) is 25.7 Å². The molecule has 1 saturated carbocycles. The van der Waals surface area contributed by atoms with Crippen molar-refractivity contribution in [2.24, 2.45) is 11.8 Å². The summed E-state index contributed by atoms with van der Waals surface area (Å²) in [6.45, 7) is 8.83. The lowest BCUT2D eigenvalue weighted by atomic mass is 10.2. The lowest BCUT2D eigenvalue weighted by molar-refractivity contribution is 0.0254. The van der Waals surface area contributed by atoms with Gasteiger partial charge in [-0.1, -0.05) is 6.92 Å². The average Bonchev–Trinajstić information content (AvgIpc) is 2.52. The molecule has 0 unspecified atom stereocenters. The third-order valence-electron chi connectivity index (χ3n) is 3.20. The molecule has 2 rings (SSSR count). The van der Waals surface area contributed by atoms with Crippen LogP contribution in [0.5, 0.6) is 0 Å². The van der Waals surface area contributed by atoms with Crippen molar-refractivity contribution in [1.82, 2.24) is 4.90 Å². The summed E-state index contributed by atoms with van der Waals surface area (Å²) in [7, 11) is 0. The number of hydrogen-bond donors (Lipinski definition) is 0. The van der Waals surface area contributed by atoms with E-state index in [1.54, 1.807) is 0 Å². The second-order valence-electron chi connectivity index (χ2n) is 5.48. The fourth-order valence-electron chi connectivity index (χ4n) is 2.44. The number of ether oxygens (including phenoxy) is 1. The number of nitrogens with zero attached hydrogens (tertiary/aromatic N) is 1. The summed E-state index contributed by atoms with van der Waals surface area (Å²) in [5.74, 6) is 1.44. The van der Waals surface area contributed by atoms with E-state index in [0.717, 1.165) is 18.9 Å². The number of carbonyl (C=O) groups is 1. The molecule has 1 aliphatic heterocycles. The summed E-state index contributed by atoms with van der Waals surface area (Å²) in [5, 5.41) is 0. The Morgan fingerprint density at radius 2 is 2.07 bits per heavy atom. The molecule has 3 nitrogen and oxygen atoms in total. The first-order valence-electron chi connectivity index (χ1n) is 5.40. The molecule has 0 aromatic rings. The molecule has 3 atom stereocenters. The highest BCUT2D eigenvalue weighted by molar-refractivity contribution is 5.69. The molecule has 0 radical (unpaired) electrons. The summed E-state index contributed by atoms with van der Waals surface area (Å²) >= 11 is 0. The topological polar surface area (TPSA) is 29.5 Å². The highest BCUT2D eigenvalue weighted by atomic mass is 16.6.